The predicted molar refractivity (Wildman–Crippen MR) is 54.0 cm³/mol. The van der Waals surface area contributed by atoms with Crippen molar-refractivity contribution < 1.29 is 9.53 Å². The molecule has 2 aromatic heterocycles. The van der Waals surface area contributed by atoms with Crippen LogP contribution < -0.4 is 0 Å². The summed E-state index contributed by atoms with van der Waals surface area (Å²) < 4.78 is 6.29. The Morgan fingerprint density at radius 1 is 1.60 bits per heavy atom. The molecule has 5 nitrogen and oxygen atoms in total. The van der Waals surface area contributed by atoms with Crippen LogP contribution in [0.2, 0.25) is 5.15 Å². The van der Waals surface area contributed by atoms with Crippen molar-refractivity contribution in [3.63, 3.8) is 0 Å². The number of carbonyl (C=O) groups is 1. The summed E-state index contributed by atoms with van der Waals surface area (Å²) in [6.07, 6.45) is 1.42. The van der Waals surface area contributed by atoms with E-state index in [1.807, 2.05) is 0 Å². The molecule has 0 bridgehead atoms. The van der Waals surface area contributed by atoms with Crippen LogP contribution in [-0.2, 0) is 4.74 Å². The predicted octanol–water partition coefficient (Wildman–Crippen LogP) is 1.56. The Labute approximate surface area is 90.6 Å². The zero-order valence-electron chi connectivity index (χ0n) is 7.98. The Bertz CT molecular complexity index is 509. The van der Waals surface area contributed by atoms with Crippen molar-refractivity contribution in [2.45, 2.75) is 6.92 Å². The number of fused-ring (bicyclic) bond motifs is 1. The zero-order valence-corrected chi connectivity index (χ0v) is 8.73. The molecule has 2 heterocycles. The topological polar surface area (TPSA) is 56.5 Å². The molecule has 2 aromatic rings. The van der Waals surface area contributed by atoms with Crippen LogP contribution in [0.25, 0.3) is 5.52 Å². The molecule has 0 spiro atoms. The summed E-state index contributed by atoms with van der Waals surface area (Å²) in [5.41, 5.74) is 0.832. The van der Waals surface area contributed by atoms with Crippen LogP contribution in [0, 0.1) is 0 Å². The molecule has 15 heavy (non-hydrogen) atoms. The number of rotatable bonds is 2. The van der Waals surface area contributed by atoms with E-state index in [1.165, 1.54) is 10.8 Å². The summed E-state index contributed by atoms with van der Waals surface area (Å²) in [4.78, 5) is 15.4. The number of ether oxygens (including phenoxy) is 1. The van der Waals surface area contributed by atoms with Gasteiger partial charge in [0.15, 0.2) is 5.69 Å². The molecular formula is C9H8ClN3O2. The normalized spacial score (nSPS) is 10.5. The highest BCUT2D eigenvalue weighted by atomic mass is 35.5. The first-order valence-corrected chi connectivity index (χ1v) is 4.77. The van der Waals surface area contributed by atoms with Crippen LogP contribution >= 0.6 is 11.6 Å². The fourth-order valence-electron chi connectivity index (χ4n) is 1.22. The largest absolute Gasteiger partial charge is 0.461 e. The lowest BCUT2D eigenvalue weighted by atomic mass is 10.3. The van der Waals surface area contributed by atoms with E-state index in [0.29, 0.717) is 17.3 Å². The Hall–Kier alpha value is -1.62. The molecular weight excluding hydrogens is 218 g/mol. The monoisotopic (exact) mass is 225 g/mol. The number of carbonyl (C=O) groups excluding carboxylic acids is 1. The SMILES string of the molecule is CCOC(=O)c1ncn2nc(Cl)ccc12. The molecule has 0 radical (unpaired) electrons. The number of hydrogen-bond donors (Lipinski definition) is 0. The van der Waals surface area contributed by atoms with Gasteiger partial charge in [-0.05, 0) is 19.1 Å². The molecule has 0 saturated carbocycles. The van der Waals surface area contributed by atoms with Crippen LogP contribution in [0.15, 0.2) is 18.5 Å². The molecule has 6 heteroatoms. The van der Waals surface area contributed by atoms with E-state index in [4.69, 9.17) is 16.3 Å². The van der Waals surface area contributed by atoms with Crippen molar-refractivity contribution in [1.82, 2.24) is 14.6 Å². The summed E-state index contributed by atoms with van der Waals surface area (Å²) >= 11 is 5.69. The van der Waals surface area contributed by atoms with Crippen LogP contribution in [0.5, 0.6) is 0 Å². The van der Waals surface area contributed by atoms with Gasteiger partial charge in [-0.25, -0.2) is 14.3 Å². The third-order valence-electron chi connectivity index (χ3n) is 1.84. The van der Waals surface area contributed by atoms with Crippen molar-refractivity contribution in [1.29, 1.82) is 0 Å². The Morgan fingerprint density at radius 3 is 3.13 bits per heavy atom. The maximum absolute atomic E-state index is 11.4. The minimum absolute atomic E-state index is 0.251. The minimum atomic E-state index is -0.455. The molecule has 0 unspecified atom stereocenters. The van der Waals surface area contributed by atoms with Crippen LogP contribution in [-0.4, -0.2) is 27.2 Å². The van der Waals surface area contributed by atoms with E-state index in [9.17, 15) is 4.79 Å². The third kappa shape index (κ3) is 1.78. The Morgan fingerprint density at radius 2 is 2.40 bits per heavy atom. The molecule has 0 aromatic carbocycles. The van der Waals surface area contributed by atoms with Gasteiger partial charge in [0.25, 0.3) is 0 Å². The highest BCUT2D eigenvalue weighted by Gasteiger charge is 2.14. The second kappa shape index (κ2) is 3.86. The van der Waals surface area contributed by atoms with E-state index < -0.39 is 5.97 Å². The fraction of sp³-hybridized carbons (Fsp3) is 0.222. The summed E-state index contributed by atoms with van der Waals surface area (Å²) in [6, 6.07) is 3.27. The lowest BCUT2D eigenvalue weighted by Gasteiger charge is -1.98. The molecule has 78 valence electrons. The van der Waals surface area contributed by atoms with E-state index >= 15 is 0 Å². The van der Waals surface area contributed by atoms with Gasteiger partial charge in [0.05, 0.1) is 12.1 Å². The Kier molecular flexibility index (Phi) is 2.55. The van der Waals surface area contributed by atoms with Crippen molar-refractivity contribution >= 4 is 23.1 Å². The molecule has 0 fully saturated rings. The highest BCUT2D eigenvalue weighted by Crippen LogP contribution is 2.12. The molecule has 0 atom stereocenters. The van der Waals surface area contributed by atoms with Gasteiger partial charge in [0.1, 0.15) is 11.5 Å². The van der Waals surface area contributed by atoms with Crippen molar-refractivity contribution in [2.24, 2.45) is 0 Å². The summed E-state index contributed by atoms with van der Waals surface area (Å²) in [6.45, 7) is 2.06. The first-order chi connectivity index (χ1) is 7.22. The smallest absolute Gasteiger partial charge is 0.359 e. The average Bonchev–Trinajstić information content (AvgIpc) is 2.60. The van der Waals surface area contributed by atoms with E-state index in [-0.39, 0.29) is 5.69 Å². The van der Waals surface area contributed by atoms with Crippen molar-refractivity contribution in [3.05, 3.63) is 29.3 Å². The first kappa shape index (κ1) is 9.92. The van der Waals surface area contributed by atoms with Crippen molar-refractivity contribution in [3.8, 4) is 0 Å². The fourth-order valence-corrected chi connectivity index (χ4v) is 1.37. The molecule has 2 rings (SSSR count). The number of halogens is 1. The minimum Gasteiger partial charge on any atom is -0.461 e. The number of nitrogens with zero attached hydrogens (tertiary/aromatic N) is 3. The number of imidazole rings is 1. The molecule has 0 aliphatic rings. The summed E-state index contributed by atoms with van der Waals surface area (Å²) in [5.74, 6) is -0.455. The van der Waals surface area contributed by atoms with Gasteiger partial charge < -0.3 is 4.74 Å². The van der Waals surface area contributed by atoms with Gasteiger partial charge in [0.2, 0.25) is 0 Å². The van der Waals surface area contributed by atoms with Gasteiger partial charge in [-0.1, -0.05) is 11.6 Å². The highest BCUT2D eigenvalue weighted by molar-refractivity contribution is 6.29. The lowest BCUT2D eigenvalue weighted by Crippen LogP contribution is -2.05. The van der Waals surface area contributed by atoms with Crippen molar-refractivity contribution in [2.75, 3.05) is 6.61 Å². The number of hydrogen-bond acceptors (Lipinski definition) is 4. The van der Waals surface area contributed by atoms with Gasteiger partial charge in [-0.2, -0.15) is 5.10 Å². The quantitative estimate of drug-likeness (QED) is 0.728. The van der Waals surface area contributed by atoms with Gasteiger partial charge >= 0.3 is 5.97 Å². The summed E-state index contributed by atoms with van der Waals surface area (Å²) in [5, 5.41) is 4.29. The zero-order chi connectivity index (χ0) is 10.8. The second-order valence-electron chi connectivity index (χ2n) is 2.80. The van der Waals surface area contributed by atoms with Crippen LogP contribution in [0.4, 0.5) is 0 Å². The lowest BCUT2D eigenvalue weighted by molar-refractivity contribution is 0.0522. The molecule has 0 N–H and O–H groups in total. The van der Waals surface area contributed by atoms with E-state index in [1.54, 1.807) is 19.1 Å². The van der Waals surface area contributed by atoms with Gasteiger partial charge in [-0.15, -0.1) is 0 Å². The number of esters is 1. The summed E-state index contributed by atoms with van der Waals surface area (Å²) in [7, 11) is 0. The number of aromatic nitrogens is 3. The van der Waals surface area contributed by atoms with E-state index in [2.05, 4.69) is 10.1 Å². The Balaban J connectivity index is 2.49. The first-order valence-electron chi connectivity index (χ1n) is 4.39. The molecule has 0 aliphatic heterocycles. The van der Waals surface area contributed by atoms with Gasteiger partial charge in [0, 0.05) is 0 Å². The maximum atomic E-state index is 11.4. The average molecular weight is 226 g/mol. The maximum Gasteiger partial charge on any atom is 0.359 e. The molecule has 0 saturated heterocycles. The standard InChI is InChI=1S/C9H8ClN3O2/c1-2-15-9(14)8-6-3-4-7(10)12-13(6)5-11-8/h3-5H,2H2,1H3. The third-order valence-corrected chi connectivity index (χ3v) is 2.04. The molecule has 0 aliphatic carbocycles. The van der Waals surface area contributed by atoms with Crippen LogP contribution in [0.3, 0.4) is 0 Å². The van der Waals surface area contributed by atoms with Crippen LogP contribution in [0.1, 0.15) is 17.4 Å². The van der Waals surface area contributed by atoms with E-state index in [0.717, 1.165) is 0 Å². The molecule has 0 amide bonds. The van der Waals surface area contributed by atoms with Gasteiger partial charge in [-0.3, -0.25) is 0 Å². The second-order valence-corrected chi connectivity index (χ2v) is 3.19.